The standard InChI is InChI=1S/C12H14O5/c1-4-17-10-7(2)8(12(15)16-3)5-6-9(10)11(13)14/h5-6H,4H2,1-3H3,(H,13,14). The highest BCUT2D eigenvalue weighted by molar-refractivity contribution is 5.97. The van der Waals surface area contributed by atoms with E-state index in [-0.39, 0.29) is 11.3 Å². The third-order valence-electron chi connectivity index (χ3n) is 2.33. The van der Waals surface area contributed by atoms with Crippen LogP contribution >= 0.6 is 0 Å². The molecule has 0 atom stereocenters. The molecule has 5 nitrogen and oxygen atoms in total. The Labute approximate surface area is 99.0 Å². The van der Waals surface area contributed by atoms with Crippen LogP contribution in [0.15, 0.2) is 12.1 Å². The second kappa shape index (κ2) is 5.34. The predicted octanol–water partition coefficient (Wildman–Crippen LogP) is 1.88. The van der Waals surface area contributed by atoms with Crippen LogP contribution in [-0.2, 0) is 4.74 Å². The number of ether oxygens (including phenoxy) is 2. The van der Waals surface area contributed by atoms with Gasteiger partial charge in [0, 0.05) is 5.56 Å². The van der Waals surface area contributed by atoms with E-state index >= 15 is 0 Å². The Morgan fingerprint density at radius 2 is 1.88 bits per heavy atom. The summed E-state index contributed by atoms with van der Waals surface area (Å²) in [5.41, 5.74) is 0.816. The van der Waals surface area contributed by atoms with Gasteiger partial charge in [-0.15, -0.1) is 0 Å². The molecule has 0 fully saturated rings. The highest BCUT2D eigenvalue weighted by Crippen LogP contribution is 2.27. The largest absolute Gasteiger partial charge is 0.493 e. The van der Waals surface area contributed by atoms with Gasteiger partial charge in [-0.3, -0.25) is 0 Å². The summed E-state index contributed by atoms with van der Waals surface area (Å²) >= 11 is 0. The Hall–Kier alpha value is -2.04. The molecule has 0 saturated heterocycles. The molecular weight excluding hydrogens is 224 g/mol. The highest BCUT2D eigenvalue weighted by atomic mass is 16.5. The van der Waals surface area contributed by atoms with Crippen LogP contribution in [0.2, 0.25) is 0 Å². The van der Waals surface area contributed by atoms with Crippen molar-refractivity contribution in [1.29, 1.82) is 0 Å². The molecule has 0 aromatic heterocycles. The van der Waals surface area contributed by atoms with Crippen molar-refractivity contribution in [2.45, 2.75) is 13.8 Å². The normalized spacial score (nSPS) is 9.82. The minimum atomic E-state index is -1.09. The molecule has 92 valence electrons. The highest BCUT2D eigenvalue weighted by Gasteiger charge is 2.19. The molecule has 0 bridgehead atoms. The van der Waals surface area contributed by atoms with Crippen LogP contribution in [0.4, 0.5) is 0 Å². The number of hydrogen-bond acceptors (Lipinski definition) is 4. The second-order valence-corrected chi connectivity index (χ2v) is 3.34. The van der Waals surface area contributed by atoms with Crippen molar-refractivity contribution in [2.75, 3.05) is 13.7 Å². The fourth-order valence-corrected chi connectivity index (χ4v) is 1.52. The number of carboxylic acids is 1. The van der Waals surface area contributed by atoms with Crippen LogP contribution in [0.3, 0.4) is 0 Å². The third kappa shape index (κ3) is 2.55. The van der Waals surface area contributed by atoms with Crippen LogP contribution in [0.1, 0.15) is 33.2 Å². The summed E-state index contributed by atoms with van der Waals surface area (Å²) in [6.07, 6.45) is 0. The number of hydrogen-bond donors (Lipinski definition) is 1. The van der Waals surface area contributed by atoms with Crippen LogP contribution in [0, 0.1) is 6.92 Å². The summed E-state index contributed by atoms with van der Waals surface area (Å²) < 4.78 is 9.88. The molecule has 17 heavy (non-hydrogen) atoms. The summed E-state index contributed by atoms with van der Waals surface area (Å²) in [6, 6.07) is 2.76. The van der Waals surface area contributed by atoms with Gasteiger partial charge in [0.15, 0.2) is 0 Å². The first kappa shape index (κ1) is 13.0. The van der Waals surface area contributed by atoms with Gasteiger partial charge in [0.25, 0.3) is 0 Å². The SMILES string of the molecule is CCOc1c(C(=O)O)ccc(C(=O)OC)c1C. The van der Waals surface area contributed by atoms with Gasteiger partial charge in [-0.1, -0.05) is 0 Å². The van der Waals surface area contributed by atoms with E-state index < -0.39 is 11.9 Å². The Kier molecular flexibility index (Phi) is 4.09. The van der Waals surface area contributed by atoms with Crippen molar-refractivity contribution in [1.82, 2.24) is 0 Å². The monoisotopic (exact) mass is 238 g/mol. The Bertz CT molecular complexity index is 450. The Balaban J connectivity index is 3.37. The van der Waals surface area contributed by atoms with Gasteiger partial charge in [0.05, 0.1) is 19.3 Å². The molecule has 1 aromatic carbocycles. The number of carboxylic acid groups (broad SMARTS) is 1. The van der Waals surface area contributed by atoms with Gasteiger partial charge in [-0.25, -0.2) is 9.59 Å². The maximum Gasteiger partial charge on any atom is 0.339 e. The summed E-state index contributed by atoms with van der Waals surface area (Å²) in [5, 5.41) is 9.01. The van der Waals surface area contributed by atoms with Gasteiger partial charge < -0.3 is 14.6 Å². The molecule has 0 heterocycles. The maximum atomic E-state index is 11.4. The molecule has 0 saturated carbocycles. The van der Waals surface area contributed by atoms with Crippen molar-refractivity contribution < 1.29 is 24.2 Å². The lowest BCUT2D eigenvalue weighted by atomic mass is 10.0. The predicted molar refractivity (Wildman–Crippen MR) is 60.6 cm³/mol. The fourth-order valence-electron chi connectivity index (χ4n) is 1.52. The zero-order valence-corrected chi connectivity index (χ0v) is 9.94. The molecule has 0 unspecified atom stereocenters. The Morgan fingerprint density at radius 3 is 2.35 bits per heavy atom. The minimum absolute atomic E-state index is 0.0389. The first-order valence-corrected chi connectivity index (χ1v) is 5.10. The Morgan fingerprint density at radius 1 is 1.29 bits per heavy atom. The third-order valence-corrected chi connectivity index (χ3v) is 2.33. The number of aromatic carboxylic acids is 1. The van der Waals surface area contributed by atoms with Gasteiger partial charge in [0.2, 0.25) is 0 Å². The molecule has 0 amide bonds. The number of esters is 1. The number of methoxy groups -OCH3 is 1. The smallest absolute Gasteiger partial charge is 0.339 e. The summed E-state index contributed by atoms with van der Waals surface area (Å²) in [7, 11) is 1.27. The molecule has 0 aliphatic rings. The number of carbonyl (C=O) groups excluding carboxylic acids is 1. The molecular formula is C12H14O5. The van der Waals surface area contributed by atoms with Gasteiger partial charge in [-0.2, -0.15) is 0 Å². The van der Waals surface area contributed by atoms with E-state index in [9.17, 15) is 9.59 Å². The first-order chi connectivity index (χ1) is 8.02. The van der Waals surface area contributed by atoms with Crippen molar-refractivity contribution in [3.05, 3.63) is 28.8 Å². The molecule has 0 aliphatic heterocycles. The van der Waals surface area contributed by atoms with E-state index in [1.54, 1.807) is 13.8 Å². The van der Waals surface area contributed by atoms with Crippen molar-refractivity contribution in [3.8, 4) is 5.75 Å². The van der Waals surface area contributed by atoms with Crippen LogP contribution in [0.5, 0.6) is 5.75 Å². The summed E-state index contributed by atoms with van der Waals surface area (Å²) in [6.45, 7) is 3.70. The number of benzene rings is 1. The first-order valence-electron chi connectivity index (χ1n) is 5.10. The summed E-state index contributed by atoms with van der Waals surface area (Å²) in [5.74, 6) is -1.39. The average Bonchev–Trinajstić information content (AvgIpc) is 2.30. The topological polar surface area (TPSA) is 72.8 Å². The van der Waals surface area contributed by atoms with E-state index in [0.29, 0.717) is 17.7 Å². The second-order valence-electron chi connectivity index (χ2n) is 3.34. The zero-order chi connectivity index (χ0) is 13.0. The lowest BCUT2D eigenvalue weighted by Gasteiger charge is -2.13. The molecule has 0 radical (unpaired) electrons. The van der Waals surface area contributed by atoms with E-state index in [0.717, 1.165) is 0 Å². The van der Waals surface area contributed by atoms with Crippen molar-refractivity contribution >= 4 is 11.9 Å². The fraction of sp³-hybridized carbons (Fsp3) is 0.333. The van der Waals surface area contributed by atoms with Gasteiger partial charge >= 0.3 is 11.9 Å². The summed E-state index contributed by atoms with van der Waals surface area (Å²) in [4.78, 5) is 22.5. The number of carbonyl (C=O) groups is 2. The molecule has 0 spiro atoms. The number of rotatable bonds is 4. The average molecular weight is 238 g/mol. The zero-order valence-electron chi connectivity index (χ0n) is 9.94. The van der Waals surface area contributed by atoms with Crippen molar-refractivity contribution in [2.24, 2.45) is 0 Å². The minimum Gasteiger partial charge on any atom is -0.493 e. The van der Waals surface area contributed by atoms with Crippen LogP contribution in [-0.4, -0.2) is 30.8 Å². The van der Waals surface area contributed by atoms with Crippen LogP contribution in [0.25, 0.3) is 0 Å². The molecule has 1 aromatic rings. The molecule has 0 aliphatic carbocycles. The van der Waals surface area contributed by atoms with E-state index in [1.807, 2.05) is 0 Å². The maximum absolute atomic E-state index is 11.4. The van der Waals surface area contributed by atoms with Crippen molar-refractivity contribution in [3.63, 3.8) is 0 Å². The van der Waals surface area contributed by atoms with E-state index in [1.165, 1.54) is 19.2 Å². The lowest BCUT2D eigenvalue weighted by molar-refractivity contribution is 0.0596. The van der Waals surface area contributed by atoms with Gasteiger partial charge in [0.1, 0.15) is 11.3 Å². The molecule has 1 rings (SSSR count). The van der Waals surface area contributed by atoms with Crippen LogP contribution < -0.4 is 4.74 Å². The van der Waals surface area contributed by atoms with E-state index in [2.05, 4.69) is 4.74 Å². The molecule has 5 heteroatoms. The molecule has 1 N–H and O–H groups in total. The quantitative estimate of drug-likeness (QED) is 0.811. The lowest BCUT2D eigenvalue weighted by Crippen LogP contribution is -2.10. The van der Waals surface area contributed by atoms with E-state index in [4.69, 9.17) is 9.84 Å². The van der Waals surface area contributed by atoms with Gasteiger partial charge in [-0.05, 0) is 26.0 Å².